The summed E-state index contributed by atoms with van der Waals surface area (Å²) >= 11 is 0. The van der Waals surface area contributed by atoms with Crippen molar-refractivity contribution in [1.82, 2.24) is 10.6 Å². The highest BCUT2D eigenvalue weighted by Gasteiger charge is 2.16. The molecule has 1 saturated heterocycles. The fourth-order valence-electron chi connectivity index (χ4n) is 2.81. The van der Waals surface area contributed by atoms with E-state index in [-0.39, 0.29) is 36.0 Å². The van der Waals surface area contributed by atoms with Crippen molar-refractivity contribution in [1.29, 1.82) is 0 Å². The maximum Gasteiger partial charge on any atom is 0.220 e. The van der Waals surface area contributed by atoms with E-state index >= 15 is 0 Å². The summed E-state index contributed by atoms with van der Waals surface area (Å²) in [5.41, 5.74) is 0. The summed E-state index contributed by atoms with van der Waals surface area (Å²) in [6.45, 7) is 4.49. The van der Waals surface area contributed by atoms with Gasteiger partial charge >= 0.3 is 0 Å². The fraction of sp³-hybridized carbons (Fsp3) is 0.611. The Labute approximate surface area is 149 Å². The second-order valence-electron chi connectivity index (χ2n) is 6.11. The van der Waals surface area contributed by atoms with Gasteiger partial charge in [0, 0.05) is 6.42 Å². The van der Waals surface area contributed by atoms with Crippen LogP contribution in [0.5, 0.6) is 5.75 Å². The third-order valence-electron chi connectivity index (χ3n) is 4.35. The van der Waals surface area contributed by atoms with Gasteiger partial charge in [0.05, 0.1) is 6.54 Å². The Balaban J connectivity index is 0.00000288. The van der Waals surface area contributed by atoms with Crippen molar-refractivity contribution < 1.29 is 13.9 Å². The lowest BCUT2D eigenvalue weighted by molar-refractivity contribution is -0.121. The molecule has 1 aromatic carbocycles. The lowest BCUT2D eigenvalue weighted by Crippen LogP contribution is -2.35. The van der Waals surface area contributed by atoms with Crippen LogP contribution in [-0.2, 0) is 4.79 Å². The van der Waals surface area contributed by atoms with Crippen molar-refractivity contribution in [2.45, 2.75) is 45.1 Å². The lowest BCUT2D eigenvalue weighted by atomic mass is 9.93. The molecule has 4 nitrogen and oxygen atoms in total. The van der Waals surface area contributed by atoms with Gasteiger partial charge < -0.3 is 15.4 Å². The first kappa shape index (κ1) is 20.7. The zero-order chi connectivity index (χ0) is 16.5. The van der Waals surface area contributed by atoms with Crippen molar-refractivity contribution in [3.8, 4) is 5.75 Å². The molecule has 0 bridgehead atoms. The number of carbonyl (C=O) groups excluding carboxylic acids is 1. The van der Waals surface area contributed by atoms with E-state index in [1.165, 1.54) is 6.07 Å². The predicted molar refractivity (Wildman–Crippen MR) is 96.2 cm³/mol. The highest BCUT2D eigenvalue weighted by molar-refractivity contribution is 5.85. The molecule has 0 saturated carbocycles. The number of benzene rings is 1. The Kier molecular flexibility index (Phi) is 9.72. The van der Waals surface area contributed by atoms with Gasteiger partial charge in [-0.05, 0) is 56.8 Å². The maximum atomic E-state index is 13.6. The first-order valence-electron chi connectivity index (χ1n) is 8.57. The van der Waals surface area contributed by atoms with Gasteiger partial charge in [-0.3, -0.25) is 4.79 Å². The van der Waals surface area contributed by atoms with E-state index < -0.39 is 0 Å². The Hall–Kier alpha value is -1.33. The van der Waals surface area contributed by atoms with Crippen LogP contribution in [0.25, 0.3) is 0 Å². The average molecular weight is 359 g/mol. The molecule has 1 aromatic rings. The second-order valence-corrected chi connectivity index (χ2v) is 6.11. The first-order valence-corrected chi connectivity index (χ1v) is 8.57. The standard InChI is InChI=1S/C18H27FN2O2.ClH/c1-2-15(23-17-6-4-3-5-16(17)19)13-21-18(22)8-7-14-9-11-20-12-10-14;/h3-6,14-15,20H,2,7-13H2,1H3,(H,21,22);1H. The predicted octanol–water partition coefficient (Wildman–Crippen LogP) is 3.30. The molecule has 1 unspecified atom stereocenters. The normalized spacial score (nSPS) is 16.1. The van der Waals surface area contributed by atoms with Crippen LogP contribution in [0.4, 0.5) is 4.39 Å². The molecule has 2 N–H and O–H groups in total. The maximum absolute atomic E-state index is 13.6. The highest BCUT2D eigenvalue weighted by Crippen LogP contribution is 2.19. The van der Waals surface area contributed by atoms with E-state index in [9.17, 15) is 9.18 Å². The highest BCUT2D eigenvalue weighted by atomic mass is 35.5. The van der Waals surface area contributed by atoms with E-state index in [0.29, 0.717) is 25.3 Å². The van der Waals surface area contributed by atoms with Gasteiger partial charge in [0.15, 0.2) is 11.6 Å². The van der Waals surface area contributed by atoms with E-state index in [1.54, 1.807) is 18.2 Å². The fourth-order valence-corrected chi connectivity index (χ4v) is 2.81. The second kappa shape index (κ2) is 11.3. The minimum atomic E-state index is -0.372. The summed E-state index contributed by atoms with van der Waals surface area (Å²) in [6.07, 6.45) is 4.31. The Morgan fingerprint density at radius 1 is 1.38 bits per heavy atom. The number of halogens is 2. The summed E-state index contributed by atoms with van der Waals surface area (Å²) < 4.78 is 19.2. The number of amides is 1. The first-order chi connectivity index (χ1) is 11.2. The average Bonchev–Trinajstić information content (AvgIpc) is 2.59. The van der Waals surface area contributed by atoms with Crippen LogP contribution in [0, 0.1) is 11.7 Å². The van der Waals surface area contributed by atoms with E-state index in [1.807, 2.05) is 6.92 Å². The Morgan fingerprint density at radius 3 is 2.75 bits per heavy atom. The van der Waals surface area contributed by atoms with E-state index in [0.717, 1.165) is 32.4 Å². The summed E-state index contributed by atoms with van der Waals surface area (Å²) in [5.74, 6) is 0.573. The van der Waals surface area contributed by atoms with Crippen LogP contribution >= 0.6 is 12.4 Å². The molecule has 6 heteroatoms. The topological polar surface area (TPSA) is 50.4 Å². The molecular weight excluding hydrogens is 331 g/mol. The van der Waals surface area contributed by atoms with E-state index in [4.69, 9.17) is 4.74 Å². The van der Waals surface area contributed by atoms with Crippen molar-refractivity contribution >= 4 is 18.3 Å². The summed E-state index contributed by atoms with van der Waals surface area (Å²) in [5, 5.41) is 6.24. The number of piperidine rings is 1. The number of rotatable bonds is 8. The number of nitrogens with one attached hydrogen (secondary N) is 2. The minimum absolute atomic E-state index is 0. The number of carbonyl (C=O) groups is 1. The van der Waals surface area contributed by atoms with Crippen LogP contribution in [0.1, 0.15) is 39.0 Å². The molecule has 1 aliphatic rings. The molecule has 0 radical (unpaired) electrons. The van der Waals surface area contributed by atoms with Gasteiger partial charge in [-0.15, -0.1) is 12.4 Å². The van der Waals surface area contributed by atoms with Gasteiger partial charge in [-0.1, -0.05) is 19.1 Å². The molecule has 0 aromatic heterocycles. The molecule has 1 heterocycles. The third kappa shape index (κ3) is 7.05. The summed E-state index contributed by atoms with van der Waals surface area (Å²) in [7, 11) is 0. The van der Waals surface area contributed by atoms with Gasteiger partial charge in [-0.2, -0.15) is 0 Å². The number of para-hydroxylation sites is 1. The van der Waals surface area contributed by atoms with Crippen molar-refractivity contribution in [3.05, 3.63) is 30.1 Å². The van der Waals surface area contributed by atoms with E-state index in [2.05, 4.69) is 10.6 Å². The van der Waals surface area contributed by atoms with Crippen molar-refractivity contribution in [3.63, 3.8) is 0 Å². The smallest absolute Gasteiger partial charge is 0.220 e. The van der Waals surface area contributed by atoms with Crippen molar-refractivity contribution in [2.75, 3.05) is 19.6 Å². The molecule has 1 aliphatic heterocycles. The van der Waals surface area contributed by atoms with Gasteiger partial charge in [0.25, 0.3) is 0 Å². The molecule has 1 atom stereocenters. The molecule has 0 spiro atoms. The van der Waals surface area contributed by atoms with Gasteiger partial charge in [0.1, 0.15) is 6.10 Å². The van der Waals surface area contributed by atoms with Crippen molar-refractivity contribution in [2.24, 2.45) is 5.92 Å². The van der Waals surface area contributed by atoms with Crippen LogP contribution in [0.2, 0.25) is 0 Å². The van der Waals surface area contributed by atoms with Crippen LogP contribution in [-0.4, -0.2) is 31.6 Å². The number of hydrogen-bond donors (Lipinski definition) is 2. The third-order valence-corrected chi connectivity index (χ3v) is 4.35. The SMILES string of the molecule is CCC(CNC(=O)CCC1CCNCC1)Oc1ccccc1F.Cl. The zero-order valence-corrected chi connectivity index (χ0v) is 15.0. The molecule has 136 valence electrons. The zero-order valence-electron chi connectivity index (χ0n) is 14.2. The quantitative estimate of drug-likeness (QED) is 0.749. The molecule has 0 aliphatic carbocycles. The lowest BCUT2D eigenvalue weighted by Gasteiger charge is -2.22. The van der Waals surface area contributed by atoms with Crippen LogP contribution in [0.3, 0.4) is 0 Å². The summed E-state index contributed by atoms with van der Waals surface area (Å²) in [4.78, 5) is 12.0. The largest absolute Gasteiger partial charge is 0.486 e. The molecule has 1 fully saturated rings. The molecular formula is C18H28ClFN2O2. The Morgan fingerprint density at radius 2 is 2.08 bits per heavy atom. The van der Waals surface area contributed by atoms with Gasteiger partial charge in [0.2, 0.25) is 5.91 Å². The number of ether oxygens (including phenoxy) is 1. The van der Waals surface area contributed by atoms with Gasteiger partial charge in [-0.25, -0.2) is 4.39 Å². The molecule has 1 amide bonds. The monoisotopic (exact) mass is 358 g/mol. The molecule has 24 heavy (non-hydrogen) atoms. The minimum Gasteiger partial charge on any atom is -0.486 e. The van der Waals surface area contributed by atoms with Crippen LogP contribution < -0.4 is 15.4 Å². The number of hydrogen-bond acceptors (Lipinski definition) is 3. The molecule has 2 rings (SSSR count). The Bertz CT molecular complexity index is 496. The summed E-state index contributed by atoms with van der Waals surface area (Å²) in [6, 6.07) is 6.35. The van der Waals surface area contributed by atoms with Crippen LogP contribution in [0.15, 0.2) is 24.3 Å².